The van der Waals surface area contributed by atoms with Gasteiger partial charge in [-0.25, -0.2) is 0 Å². The molecule has 1 N–H and O–H groups in total. The average molecular weight is 400 g/mol. The predicted molar refractivity (Wildman–Crippen MR) is 110 cm³/mol. The molecule has 3 rings (SSSR count). The van der Waals surface area contributed by atoms with Crippen molar-refractivity contribution in [2.24, 2.45) is 0 Å². The van der Waals surface area contributed by atoms with Gasteiger partial charge in [-0.2, -0.15) is 0 Å². The largest absolute Gasteiger partial charge is 0.492 e. The number of halogens is 1. The molecule has 3 aromatic rings. The van der Waals surface area contributed by atoms with Crippen LogP contribution in [0.4, 0.5) is 5.69 Å². The van der Waals surface area contributed by atoms with E-state index in [1.165, 1.54) is 0 Å². The summed E-state index contributed by atoms with van der Waals surface area (Å²) in [5.41, 5.74) is 2.08. The van der Waals surface area contributed by atoms with Crippen LogP contribution < -0.4 is 10.1 Å². The third kappa shape index (κ3) is 4.71. The molecule has 6 nitrogen and oxygen atoms in total. The molecular weight excluding hydrogens is 378 g/mol. The van der Waals surface area contributed by atoms with E-state index in [-0.39, 0.29) is 5.91 Å². The number of hydrogen-bond donors (Lipinski definition) is 1. The van der Waals surface area contributed by atoms with Crippen molar-refractivity contribution in [3.8, 4) is 17.0 Å². The van der Waals surface area contributed by atoms with E-state index in [0.29, 0.717) is 39.9 Å². The zero-order valence-electron chi connectivity index (χ0n) is 16.0. The Kier molecular flexibility index (Phi) is 6.34. The Bertz CT molecular complexity index is 952. The molecular formula is C21H22ClN3O3. The van der Waals surface area contributed by atoms with Crippen LogP contribution in [0, 0.1) is 6.92 Å². The number of hydrogen-bond acceptors (Lipinski definition) is 5. The van der Waals surface area contributed by atoms with E-state index in [1.807, 2.05) is 43.3 Å². The van der Waals surface area contributed by atoms with Crippen molar-refractivity contribution in [3.63, 3.8) is 0 Å². The van der Waals surface area contributed by atoms with Crippen molar-refractivity contribution >= 4 is 23.2 Å². The second kappa shape index (κ2) is 8.91. The molecule has 28 heavy (non-hydrogen) atoms. The maximum absolute atomic E-state index is 12.8. The van der Waals surface area contributed by atoms with Crippen LogP contribution in [0.25, 0.3) is 11.3 Å². The maximum atomic E-state index is 12.8. The fraction of sp³-hybridized carbons (Fsp3) is 0.238. The number of likely N-dealkylation sites (N-methyl/N-ethyl adjacent to an activating group) is 1. The Morgan fingerprint density at radius 3 is 2.57 bits per heavy atom. The summed E-state index contributed by atoms with van der Waals surface area (Å²) in [5, 5.41) is 7.40. The highest BCUT2D eigenvalue weighted by atomic mass is 35.5. The SMILES string of the molecule is Cc1onc(-c2ccccc2Cl)c1C(=O)Nc1ccc(OCCN(C)C)cc1. The van der Waals surface area contributed by atoms with Crippen LogP contribution in [0.3, 0.4) is 0 Å². The highest BCUT2D eigenvalue weighted by Gasteiger charge is 2.23. The fourth-order valence-corrected chi connectivity index (χ4v) is 2.88. The number of ether oxygens (including phenoxy) is 1. The van der Waals surface area contributed by atoms with E-state index in [9.17, 15) is 4.79 Å². The molecule has 0 saturated carbocycles. The third-order valence-electron chi connectivity index (χ3n) is 4.14. The van der Waals surface area contributed by atoms with Gasteiger partial charge >= 0.3 is 0 Å². The Hall–Kier alpha value is -2.83. The molecule has 0 aliphatic heterocycles. The van der Waals surface area contributed by atoms with Gasteiger partial charge < -0.3 is 19.5 Å². The molecule has 0 saturated heterocycles. The second-order valence-electron chi connectivity index (χ2n) is 6.57. The highest BCUT2D eigenvalue weighted by molar-refractivity contribution is 6.33. The third-order valence-corrected chi connectivity index (χ3v) is 4.47. The number of anilines is 1. The van der Waals surface area contributed by atoms with Crippen molar-refractivity contribution in [2.45, 2.75) is 6.92 Å². The van der Waals surface area contributed by atoms with E-state index in [2.05, 4.69) is 10.5 Å². The molecule has 1 amide bonds. The van der Waals surface area contributed by atoms with Gasteiger partial charge in [-0.1, -0.05) is 35.0 Å². The summed E-state index contributed by atoms with van der Waals surface area (Å²) in [7, 11) is 3.98. The summed E-state index contributed by atoms with van der Waals surface area (Å²) in [6.07, 6.45) is 0. The van der Waals surface area contributed by atoms with Crippen LogP contribution in [0.2, 0.25) is 5.02 Å². The summed E-state index contributed by atoms with van der Waals surface area (Å²) < 4.78 is 10.9. The monoisotopic (exact) mass is 399 g/mol. The molecule has 2 aromatic carbocycles. The van der Waals surface area contributed by atoms with Crippen molar-refractivity contribution in [1.29, 1.82) is 0 Å². The first-order valence-electron chi connectivity index (χ1n) is 8.86. The summed E-state index contributed by atoms with van der Waals surface area (Å²) >= 11 is 6.25. The van der Waals surface area contributed by atoms with Crippen molar-refractivity contribution in [1.82, 2.24) is 10.1 Å². The maximum Gasteiger partial charge on any atom is 0.261 e. The van der Waals surface area contributed by atoms with E-state index >= 15 is 0 Å². The first-order chi connectivity index (χ1) is 13.5. The summed E-state index contributed by atoms with van der Waals surface area (Å²) in [6.45, 7) is 3.12. The van der Waals surface area contributed by atoms with Crippen LogP contribution >= 0.6 is 11.6 Å². The smallest absolute Gasteiger partial charge is 0.261 e. The van der Waals surface area contributed by atoms with Gasteiger partial charge in [0.05, 0.1) is 5.02 Å². The molecule has 0 unspecified atom stereocenters. The average Bonchev–Trinajstić information content (AvgIpc) is 3.04. The lowest BCUT2D eigenvalue weighted by Gasteiger charge is -2.11. The molecule has 0 aliphatic carbocycles. The summed E-state index contributed by atoms with van der Waals surface area (Å²) in [6, 6.07) is 14.4. The lowest BCUT2D eigenvalue weighted by molar-refractivity contribution is 0.102. The van der Waals surface area contributed by atoms with Gasteiger partial charge in [0, 0.05) is 17.8 Å². The van der Waals surface area contributed by atoms with Crippen LogP contribution in [0.1, 0.15) is 16.1 Å². The molecule has 146 valence electrons. The Balaban J connectivity index is 1.74. The number of carbonyl (C=O) groups is 1. The number of aromatic nitrogens is 1. The van der Waals surface area contributed by atoms with Crippen LogP contribution in [-0.4, -0.2) is 43.2 Å². The van der Waals surface area contributed by atoms with E-state index in [0.717, 1.165) is 12.3 Å². The van der Waals surface area contributed by atoms with Gasteiger partial charge in [-0.05, 0) is 51.4 Å². The minimum Gasteiger partial charge on any atom is -0.492 e. The number of carbonyl (C=O) groups excluding carboxylic acids is 1. The molecule has 0 radical (unpaired) electrons. The quantitative estimate of drug-likeness (QED) is 0.633. The highest BCUT2D eigenvalue weighted by Crippen LogP contribution is 2.31. The molecule has 7 heteroatoms. The predicted octanol–water partition coefficient (Wildman–Crippen LogP) is 4.50. The van der Waals surface area contributed by atoms with Crippen LogP contribution in [0.15, 0.2) is 53.1 Å². The molecule has 1 heterocycles. The van der Waals surface area contributed by atoms with E-state index in [1.54, 1.807) is 31.2 Å². The van der Waals surface area contributed by atoms with Crippen molar-refractivity contribution in [2.75, 3.05) is 32.6 Å². The first-order valence-corrected chi connectivity index (χ1v) is 9.23. The van der Waals surface area contributed by atoms with Gasteiger partial charge in [-0.15, -0.1) is 0 Å². The van der Waals surface area contributed by atoms with Gasteiger partial charge in [0.1, 0.15) is 29.4 Å². The zero-order chi connectivity index (χ0) is 20.1. The minimum atomic E-state index is -0.310. The topological polar surface area (TPSA) is 67.6 Å². The van der Waals surface area contributed by atoms with Gasteiger partial charge in [0.2, 0.25) is 0 Å². The number of nitrogens with zero attached hydrogens (tertiary/aromatic N) is 2. The van der Waals surface area contributed by atoms with Gasteiger partial charge in [0.15, 0.2) is 0 Å². The van der Waals surface area contributed by atoms with Crippen LogP contribution in [-0.2, 0) is 0 Å². The molecule has 0 fully saturated rings. The minimum absolute atomic E-state index is 0.310. The Labute approximate surface area is 169 Å². The molecule has 0 atom stereocenters. The lowest BCUT2D eigenvalue weighted by Crippen LogP contribution is -2.19. The number of nitrogens with one attached hydrogen (secondary N) is 1. The molecule has 0 aliphatic rings. The van der Waals surface area contributed by atoms with Gasteiger partial charge in [-0.3, -0.25) is 4.79 Å². The standard InChI is InChI=1S/C21H22ClN3O3/c1-14-19(20(24-28-14)17-6-4-5-7-18(17)22)21(26)23-15-8-10-16(11-9-15)27-13-12-25(2)3/h4-11H,12-13H2,1-3H3,(H,23,26). The number of aryl methyl sites for hydroxylation is 1. The molecule has 1 aromatic heterocycles. The summed E-state index contributed by atoms with van der Waals surface area (Å²) in [5.74, 6) is 0.865. The first kappa shape index (κ1) is 19.9. The normalized spacial score (nSPS) is 10.9. The van der Waals surface area contributed by atoms with E-state index in [4.69, 9.17) is 20.9 Å². The fourth-order valence-electron chi connectivity index (χ4n) is 2.65. The van der Waals surface area contributed by atoms with E-state index < -0.39 is 0 Å². The Morgan fingerprint density at radius 1 is 1.18 bits per heavy atom. The molecule has 0 bridgehead atoms. The number of benzene rings is 2. The van der Waals surface area contributed by atoms with Crippen molar-refractivity contribution in [3.05, 3.63) is 64.9 Å². The second-order valence-corrected chi connectivity index (χ2v) is 6.98. The molecule has 0 spiro atoms. The number of amides is 1. The number of rotatable bonds is 7. The zero-order valence-corrected chi connectivity index (χ0v) is 16.8. The van der Waals surface area contributed by atoms with Crippen LogP contribution in [0.5, 0.6) is 5.75 Å². The Morgan fingerprint density at radius 2 is 1.89 bits per heavy atom. The van der Waals surface area contributed by atoms with Crippen molar-refractivity contribution < 1.29 is 14.1 Å². The lowest BCUT2D eigenvalue weighted by atomic mass is 10.1. The summed E-state index contributed by atoms with van der Waals surface area (Å²) in [4.78, 5) is 14.9. The van der Waals surface area contributed by atoms with Gasteiger partial charge in [0.25, 0.3) is 5.91 Å².